The van der Waals surface area contributed by atoms with E-state index in [2.05, 4.69) is 36.2 Å². The van der Waals surface area contributed by atoms with E-state index in [0.717, 1.165) is 6.54 Å². The minimum absolute atomic E-state index is 0.339. The Morgan fingerprint density at radius 2 is 2.29 bits per heavy atom. The molecule has 0 aromatic carbocycles. The molecule has 1 fully saturated rings. The summed E-state index contributed by atoms with van der Waals surface area (Å²) in [5.41, 5.74) is 7.57. The molecule has 0 bridgehead atoms. The molecule has 1 saturated carbocycles. The summed E-state index contributed by atoms with van der Waals surface area (Å²) >= 11 is 0. The summed E-state index contributed by atoms with van der Waals surface area (Å²) in [4.78, 5) is 5.40. The van der Waals surface area contributed by atoms with Crippen LogP contribution >= 0.6 is 0 Å². The molecule has 1 aliphatic rings. The highest BCUT2D eigenvalue weighted by atomic mass is 15.1. The van der Waals surface area contributed by atoms with Crippen molar-refractivity contribution in [2.75, 3.05) is 20.6 Å². The lowest BCUT2D eigenvalue weighted by Crippen LogP contribution is -2.33. The first-order chi connectivity index (χ1) is 6.69. The third-order valence-electron chi connectivity index (χ3n) is 3.33. The Kier molecular flexibility index (Phi) is 2.37. The quantitative estimate of drug-likeness (QED) is 0.758. The van der Waals surface area contributed by atoms with Gasteiger partial charge in [0.1, 0.15) is 0 Å². The van der Waals surface area contributed by atoms with Crippen molar-refractivity contribution in [1.29, 1.82) is 0 Å². The van der Waals surface area contributed by atoms with Crippen molar-refractivity contribution in [3.63, 3.8) is 0 Å². The van der Waals surface area contributed by atoms with E-state index in [4.69, 9.17) is 5.73 Å². The molecule has 78 valence electrons. The van der Waals surface area contributed by atoms with E-state index in [1.165, 1.54) is 18.4 Å². The van der Waals surface area contributed by atoms with Gasteiger partial charge in [-0.3, -0.25) is 0 Å². The van der Waals surface area contributed by atoms with E-state index in [0.29, 0.717) is 11.5 Å². The van der Waals surface area contributed by atoms with Crippen LogP contribution in [0.5, 0.6) is 0 Å². The highest BCUT2D eigenvalue weighted by Crippen LogP contribution is 2.55. The average molecular weight is 193 g/mol. The summed E-state index contributed by atoms with van der Waals surface area (Å²) in [6, 6.07) is 2.62. The highest BCUT2D eigenvalue weighted by Gasteiger charge is 2.49. The zero-order valence-corrected chi connectivity index (χ0v) is 8.96. The molecule has 1 unspecified atom stereocenters. The van der Waals surface area contributed by atoms with Gasteiger partial charge in [-0.2, -0.15) is 0 Å². The standard InChI is InChI=1S/C11H19N3/c1-14(2)10(9-3-6-13-7-9)11(8-12)4-5-11/h3,6-7,10,13H,4-5,8,12H2,1-2H3. The lowest BCUT2D eigenvalue weighted by atomic mass is 9.91. The molecular formula is C11H19N3. The molecule has 1 atom stereocenters. The van der Waals surface area contributed by atoms with E-state index in [1.807, 2.05) is 6.20 Å². The van der Waals surface area contributed by atoms with Gasteiger partial charge in [0.2, 0.25) is 0 Å². The maximum atomic E-state index is 5.88. The fourth-order valence-corrected chi connectivity index (χ4v) is 2.46. The van der Waals surface area contributed by atoms with Crippen molar-refractivity contribution in [3.8, 4) is 0 Å². The summed E-state index contributed by atoms with van der Waals surface area (Å²) in [6.07, 6.45) is 6.59. The van der Waals surface area contributed by atoms with E-state index in [-0.39, 0.29) is 0 Å². The second-order valence-electron chi connectivity index (χ2n) is 4.58. The molecule has 3 N–H and O–H groups in total. The largest absolute Gasteiger partial charge is 0.367 e. The van der Waals surface area contributed by atoms with Crippen LogP contribution in [-0.2, 0) is 0 Å². The SMILES string of the molecule is CN(C)C(c1cc[nH]c1)C1(CN)CC1. The van der Waals surface area contributed by atoms with Crippen molar-refractivity contribution < 1.29 is 0 Å². The first kappa shape index (κ1) is 9.74. The fraction of sp³-hybridized carbons (Fsp3) is 0.636. The van der Waals surface area contributed by atoms with Crippen molar-refractivity contribution in [3.05, 3.63) is 24.0 Å². The van der Waals surface area contributed by atoms with Crippen molar-refractivity contribution in [1.82, 2.24) is 9.88 Å². The van der Waals surface area contributed by atoms with Crippen LogP contribution in [0.4, 0.5) is 0 Å². The monoisotopic (exact) mass is 193 g/mol. The lowest BCUT2D eigenvalue weighted by molar-refractivity contribution is 0.198. The fourth-order valence-electron chi connectivity index (χ4n) is 2.46. The van der Waals surface area contributed by atoms with E-state index >= 15 is 0 Å². The second-order valence-corrected chi connectivity index (χ2v) is 4.58. The topological polar surface area (TPSA) is 45.0 Å². The van der Waals surface area contributed by atoms with Gasteiger partial charge in [0.15, 0.2) is 0 Å². The van der Waals surface area contributed by atoms with Gasteiger partial charge in [0.05, 0.1) is 0 Å². The Bertz CT molecular complexity index is 285. The normalized spacial score (nSPS) is 21.1. The van der Waals surface area contributed by atoms with Crippen molar-refractivity contribution >= 4 is 0 Å². The number of hydrogen-bond acceptors (Lipinski definition) is 2. The van der Waals surface area contributed by atoms with E-state index in [9.17, 15) is 0 Å². The predicted molar refractivity (Wildman–Crippen MR) is 57.9 cm³/mol. The number of nitrogens with zero attached hydrogens (tertiary/aromatic N) is 1. The molecular weight excluding hydrogens is 174 g/mol. The average Bonchev–Trinajstić information content (AvgIpc) is 2.73. The van der Waals surface area contributed by atoms with Crippen LogP contribution in [0.2, 0.25) is 0 Å². The van der Waals surface area contributed by atoms with Crippen LogP contribution in [0.15, 0.2) is 18.5 Å². The number of H-pyrrole nitrogens is 1. The lowest BCUT2D eigenvalue weighted by Gasteiger charge is -2.31. The molecule has 1 aliphatic carbocycles. The molecule has 1 aromatic rings. The first-order valence-corrected chi connectivity index (χ1v) is 5.19. The zero-order valence-electron chi connectivity index (χ0n) is 8.96. The summed E-state index contributed by atoms with van der Waals surface area (Å²) in [5, 5.41) is 0. The highest BCUT2D eigenvalue weighted by molar-refractivity contribution is 5.21. The van der Waals surface area contributed by atoms with Gasteiger partial charge in [0, 0.05) is 23.9 Å². The van der Waals surface area contributed by atoms with Gasteiger partial charge in [0.25, 0.3) is 0 Å². The van der Waals surface area contributed by atoms with Crippen molar-refractivity contribution in [2.45, 2.75) is 18.9 Å². The van der Waals surface area contributed by atoms with Crippen LogP contribution in [0.1, 0.15) is 24.4 Å². The smallest absolute Gasteiger partial charge is 0.0425 e. The molecule has 14 heavy (non-hydrogen) atoms. The third kappa shape index (κ3) is 1.47. The Labute approximate surface area is 85.3 Å². The number of hydrogen-bond donors (Lipinski definition) is 2. The molecule has 0 aliphatic heterocycles. The second kappa shape index (κ2) is 3.41. The Hall–Kier alpha value is -0.800. The van der Waals surface area contributed by atoms with Crippen molar-refractivity contribution in [2.24, 2.45) is 11.1 Å². The first-order valence-electron chi connectivity index (χ1n) is 5.19. The van der Waals surface area contributed by atoms with Crippen LogP contribution in [0, 0.1) is 5.41 Å². The molecule has 2 rings (SSSR count). The maximum absolute atomic E-state index is 5.88. The van der Waals surface area contributed by atoms with Crippen LogP contribution < -0.4 is 5.73 Å². The van der Waals surface area contributed by atoms with Gasteiger partial charge in [-0.05, 0) is 45.1 Å². The minimum Gasteiger partial charge on any atom is -0.367 e. The predicted octanol–water partition coefficient (Wildman–Crippen LogP) is 1.36. The summed E-state index contributed by atoms with van der Waals surface area (Å²) in [6.45, 7) is 0.793. The molecule has 3 heteroatoms. The molecule has 0 saturated heterocycles. The molecule has 3 nitrogen and oxygen atoms in total. The van der Waals surface area contributed by atoms with E-state index in [1.54, 1.807) is 0 Å². The van der Waals surface area contributed by atoms with Gasteiger partial charge in [-0.25, -0.2) is 0 Å². The number of nitrogens with two attached hydrogens (primary N) is 1. The molecule has 1 heterocycles. The maximum Gasteiger partial charge on any atom is 0.0425 e. The molecule has 0 amide bonds. The molecule has 1 aromatic heterocycles. The zero-order chi connectivity index (χ0) is 10.2. The number of aromatic nitrogens is 1. The van der Waals surface area contributed by atoms with Gasteiger partial charge < -0.3 is 15.6 Å². The Morgan fingerprint density at radius 3 is 2.64 bits per heavy atom. The minimum atomic E-state index is 0.339. The van der Waals surface area contributed by atoms with Crippen LogP contribution in [-0.4, -0.2) is 30.5 Å². The number of rotatable bonds is 4. The van der Waals surface area contributed by atoms with Crippen LogP contribution in [0.25, 0.3) is 0 Å². The Balaban J connectivity index is 2.25. The summed E-state index contributed by atoms with van der Waals surface area (Å²) in [5.74, 6) is 0. The number of aromatic amines is 1. The summed E-state index contributed by atoms with van der Waals surface area (Å²) in [7, 11) is 4.26. The summed E-state index contributed by atoms with van der Waals surface area (Å²) < 4.78 is 0. The third-order valence-corrected chi connectivity index (χ3v) is 3.33. The van der Waals surface area contributed by atoms with Gasteiger partial charge in [-0.15, -0.1) is 0 Å². The van der Waals surface area contributed by atoms with Crippen LogP contribution in [0.3, 0.4) is 0 Å². The Morgan fingerprint density at radius 1 is 1.57 bits per heavy atom. The number of nitrogens with one attached hydrogen (secondary N) is 1. The van der Waals surface area contributed by atoms with E-state index < -0.39 is 0 Å². The molecule has 0 spiro atoms. The van der Waals surface area contributed by atoms with Gasteiger partial charge >= 0.3 is 0 Å². The molecule has 0 radical (unpaired) electrons. The van der Waals surface area contributed by atoms with Gasteiger partial charge in [-0.1, -0.05) is 0 Å².